The van der Waals surface area contributed by atoms with E-state index in [0.717, 1.165) is 0 Å². The van der Waals surface area contributed by atoms with Crippen molar-refractivity contribution in [2.75, 3.05) is 12.4 Å². The number of carbonyl (C=O) groups excluding carboxylic acids is 1. The number of nitrogens with one attached hydrogen (secondary N) is 1. The highest BCUT2D eigenvalue weighted by Gasteiger charge is 2.48. The van der Waals surface area contributed by atoms with Gasteiger partial charge in [-0.25, -0.2) is 0 Å². The van der Waals surface area contributed by atoms with E-state index in [4.69, 9.17) is 4.74 Å². The molecule has 1 aromatic carbocycles. The zero-order chi connectivity index (χ0) is 19.6. The molecule has 1 saturated carbocycles. The second-order valence-corrected chi connectivity index (χ2v) is 6.55. The first kappa shape index (κ1) is 19.1. The van der Waals surface area contributed by atoms with E-state index in [0.29, 0.717) is 35.8 Å². The molecule has 1 aromatic heterocycles. The molecule has 0 spiro atoms. The van der Waals surface area contributed by atoms with Crippen LogP contribution in [0.3, 0.4) is 0 Å². The number of halogens is 3. The number of methoxy groups -OCH3 is 1. The average molecular weight is 383 g/mol. The summed E-state index contributed by atoms with van der Waals surface area (Å²) in [5.74, 6) is -2.35. The predicted molar refractivity (Wildman–Crippen MR) is 90.6 cm³/mol. The first-order chi connectivity index (χ1) is 12.8. The number of ether oxygens (including phenoxy) is 1. The number of alkyl halides is 3. The normalized spacial score (nSPS) is 20.3. The summed E-state index contributed by atoms with van der Waals surface area (Å²) in [6.45, 7) is 1.70. The van der Waals surface area contributed by atoms with Gasteiger partial charge >= 0.3 is 6.18 Å². The fourth-order valence-electron chi connectivity index (χ4n) is 3.46. The highest BCUT2D eigenvalue weighted by Crippen LogP contribution is 2.42. The number of nitrogens with zero attached hydrogens (tertiary/aromatic N) is 4. The van der Waals surface area contributed by atoms with Crippen LogP contribution in [0, 0.1) is 18.8 Å². The van der Waals surface area contributed by atoms with E-state index in [-0.39, 0.29) is 12.8 Å². The van der Waals surface area contributed by atoms with Crippen LogP contribution < -0.4 is 10.1 Å². The third-order valence-corrected chi connectivity index (χ3v) is 4.82. The van der Waals surface area contributed by atoms with Gasteiger partial charge in [0.1, 0.15) is 11.4 Å². The van der Waals surface area contributed by atoms with Gasteiger partial charge in [-0.1, -0.05) is 12.8 Å². The molecule has 27 heavy (non-hydrogen) atoms. The number of hydrogen-bond donors (Lipinski definition) is 1. The number of tetrazole rings is 1. The minimum atomic E-state index is -4.38. The molecule has 1 aliphatic carbocycles. The Morgan fingerprint density at radius 3 is 2.67 bits per heavy atom. The maximum absolute atomic E-state index is 13.3. The maximum Gasteiger partial charge on any atom is 0.392 e. The van der Waals surface area contributed by atoms with E-state index in [1.807, 2.05) is 0 Å². The molecule has 0 aliphatic heterocycles. The molecule has 1 heterocycles. The number of aryl methyl sites for hydroxylation is 1. The highest BCUT2D eigenvalue weighted by molar-refractivity contribution is 5.93. The summed E-state index contributed by atoms with van der Waals surface area (Å²) in [5, 5.41) is 13.8. The van der Waals surface area contributed by atoms with Gasteiger partial charge in [-0.2, -0.15) is 17.9 Å². The largest absolute Gasteiger partial charge is 0.494 e. The van der Waals surface area contributed by atoms with Crippen molar-refractivity contribution in [1.29, 1.82) is 0 Å². The topological polar surface area (TPSA) is 81.9 Å². The lowest BCUT2D eigenvalue weighted by Gasteiger charge is -2.32. The van der Waals surface area contributed by atoms with Gasteiger partial charge in [-0.3, -0.25) is 4.79 Å². The smallest absolute Gasteiger partial charge is 0.392 e. The van der Waals surface area contributed by atoms with Gasteiger partial charge in [-0.15, -0.1) is 5.10 Å². The van der Waals surface area contributed by atoms with Gasteiger partial charge in [0.05, 0.1) is 13.0 Å². The number of amides is 1. The van der Waals surface area contributed by atoms with Crippen molar-refractivity contribution in [3.8, 4) is 11.4 Å². The van der Waals surface area contributed by atoms with Crippen LogP contribution in [0.2, 0.25) is 0 Å². The Hall–Kier alpha value is -2.65. The Bertz CT molecular complexity index is 821. The molecule has 0 saturated heterocycles. The molecule has 2 aromatic rings. The van der Waals surface area contributed by atoms with Gasteiger partial charge in [0.15, 0.2) is 5.82 Å². The standard InChI is InChI=1S/C17H20F3N5O2/c1-10-22-23-24-25(10)14-9-11(7-8-15(14)27-2)21-16(26)12-5-3-4-6-13(12)17(18,19)20/h7-9,12-13H,3-6H2,1-2H3,(H,21,26). The lowest BCUT2D eigenvalue weighted by Crippen LogP contribution is -2.39. The zero-order valence-electron chi connectivity index (χ0n) is 15.0. The van der Waals surface area contributed by atoms with E-state index >= 15 is 0 Å². The van der Waals surface area contributed by atoms with Crippen molar-refractivity contribution < 1.29 is 22.7 Å². The van der Waals surface area contributed by atoms with E-state index in [9.17, 15) is 18.0 Å². The summed E-state index contributed by atoms with van der Waals surface area (Å²) in [6.07, 6.45) is -3.07. The van der Waals surface area contributed by atoms with Crippen LogP contribution in [0.5, 0.6) is 5.75 Å². The van der Waals surface area contributed by atoms with Crippen LogP contribution in [-0.4, -0.2) is 39.4 Å². The Morgan fingerprint density at radius 1 is 1.30 bits per heavy atom. The lowest BCUT2D eigenvalue weighted by atomic mass is 9.78. The summed E-state index contributed by atoms with van der Waals surface area (Å²) in [6, 6.07) is 4.75. The number of anilines is 1. The third kappa shape index (κ3) is 4.04. The molecular formula is C17H20F3N5O2. The van der Waals surface area contributed by atoms with Crippen molar-refractivity contribution in [1.82, 2.24) is 20.2 Å². The van der Waals surface area contributed by atoms with Crippen LogP contribution in [0.4, 0.5) is 18.9 Å². The van der Waals surface area contributed by atoms with Crippen LogP contribution in [-0.2, 0) is 4.79 Å². The van der Waals surface area contributed by atoms with Gasteiger partial charge in [0.2, 0.25) is 5.91 Å². The summed E-state index contributed by atoms with van der Waals surface area (Å²) in [7, 11) is 1.48. The SMILES string of the molecule is COc1ccc(NC(=O)C2CCCCC2C(F)(F)F)cc1-n1nnnc1C. The number of carbonyl (C=O) groups is 1. The van der Waals surface area contributed by atoms with Gasteiger partial charge < -0.3 is 10.1 Å². The first-order valence-electron chi connectivity index (χ1n) is 8.62. The molecular weight excluding hydrogens is 363 g/mol. The minimum absolute atomic E-state index is 0.0146. The highest BCUT2D eigenvalue weighted by atomic mass is 19.4. The molecule has 1 fully saturated rings. The molecule has 1 aliphatic rings. The van der Waals surface area contributed by atoms with Gasteiger partial charge in [0.25, 0.3) is 0 Å². The maximum atomic E-state index is 13.3. The summed E-state index contributed by atoms with van der Waals surface area (Å²) >= 11 is 0. The van der Waals surface area contributed by atoms with Crippen LogP contribution in [0.25, 0.3) is 5.69 Å². The number of aromatic nitrogens is 4. The van der Waals surface area contributed by atoms with Crippen molar-refractivity contribution in [2.45, 2.75) is 38.8 Å². The van der Waals surface area contributed by atoms with Crippen LogP contribution in [0.15, 0.2) is 18.2 Å². The van der Waals surface area contributed by atoms with Crippen LogP contribution in [0.1, 0.15) is 31.5 Å². The van der Waals surface area contributed by atoms with E-state index < -0.39 is 23.9 Å². The Morgan fingerprint density at radius 2 is 2.04 bits per heavy atom. The van der Waals surface area contributed by atoms with E-state index in [2.05, 4.69) is 20.8 Å². The van der Waals surface area contributed by atoms with Crippen LogP contribution >= 0.6 is 0 Å². The molecule has 2 unspecified atom stereocenters. The number of rotatable bonds is 4. The quantitative estimate of drug-likeness (QED) is 0.876. The molecule has 0 bridgehead atoms. The van der Waals surface area contributed by atoms with E-state index in [1.165, 1.54) is 11.8 Å². The second-order valence-electron chi connectivity index (χ2n) is 6.55. The van der Waals surface area contributed by atoms with Gasteiger partial charge in [0, 0.05) is 11.6 Å². The Labute approximate surface area is 153 Å². The van der Waals surface area contributed by atoms with Crippen molar-refractivity contribution in [2.24, 2.45) is 11.8 Å². The van der Waals surface area contributed by atoms with Crippen molar-refractivity contribution in [3.63, 3.8) is 0 Å². The number of hydrogen-bond acceptors (Lipinski definition) is 5. The third-order valence-electron chi connectivity index (χ3n) is 4.82. The molecule has 10 heteroatoms. The predicted octanol–water partition coefficient (Wildman–Crippen LogP) is 3.29. The molecule has 3 rings (SSSR count). The second kappa shape index (κ2) is 7.53. The van der Waals surface area contributed by atoms with Crippen molar-refractivity contribution >= 4 is 11.6 Å². The number of benzene rings is 1. The molecule has 1 amide bonds. The molecule has 7 nitrogen and oxygen atoms in total. The first-order valence-corrected chi connectivity index (χ1v) is 8.62. The monoisotopic (exact) mass is 383 g/mol. The van der Waals surface area contributed by atoms with Crippen molar-refractivity contribution in [3.05, 3.63) is 24.0 Å². The molecule has 0 radical (unpaired) electrons. The Balaban J connectivity index is 1.85. The summed E-state index contributed by atoms with van der Waals surface area (Å²) in [4.78, 5) is 12.6. The summed E-state index contributed by atoms with van der Waals surface area (Å²) < 4.78 is 46.5. The zero-order valence-corrected chi connectivity index (χ0v) is 15.0. The Kier molecular flexibility index (Phi) is 5.33. The fraction of sp³-hybridized carbons (Fsp3) is 0.529. The molecule has 146 valence electrons. The molecule has 2 atom stereocenters. The summed E-state index contributed by atoms with van der Waals surface area (Å²) in [5.41, 5.74) is 0.839. The average Bonchev–Trinajstić information content (AvgIpc) is 3.06. The minimum Gasteiger partial charge on any atom is -0.494 e. The molecule has 1 N–H and O–H groups in total. The van der Waals surface area contributed by atoms with E-state index in [1.54, 1.807) is 25.1 Å². The fourth-order valence-corrected chi connectivity index (χ4v) is 3.46. The lowest BCUT2D eigenvalue weighted by molar-refractivity contribution is -0.197. The van der Waals surface area contributed by atoms with Gasteiger partial charge in [-0.05, 0) is 48.4 Å².